The van der Waals surface area contributed by atoms with E-state index < -0.39 is 13.9 Å². The SMILES string of the molecule is CCCCCCCC(=O)NC(COP(=O)([O-])[O-])c1cccs1.[Na+].[Na+]. The zero-order chi connectivity index (χ0) is 16.4. The first-order valence-corrected chi connectivity index (χ1v) is 9.75. The van der Waals surface area contributed by atoms with Crippen molar-refractivity contribution in [2.45, 2.75) is 51.5 Å². The number of thiophene rings is 1. The van der Waals surface area contributed by atoms with Crippen LogP contribution in [0.2, 0.25) is 0 Å². The monoisotopic (exact) mass is 393 g/mol. The molecular weight excluding hydrogens is 371 g/mol. The summed E-state index contributed by atoms with van der Waals surface area (Å²) in [6, 6.07) is 2.94. The molecule has 24 heavy (non-hydrogen) atoms. The summed E-state index contributed by atoms with van der Waals surface area (Å²) in [4.78, 5) is 33.9. The fourth-order valence-corrected chi connectivity index (χ4v) is 3.10. The van der Waals surface area contributed by atoms with Gasteiger partial charge in [0.05, 0.1) is 20.5 Å². The molecule has 0 aliphatic rings. The molecule has 0 aliphatic carbocycles. The maximum absolute atomic E-state index is 11.9. The van der Waals surface area contributed by atoms with Crippen molar-refractivity contribution >= 4 is 25.1 Å². The molecule has 6 nitrogen and oxygen atoms in total. The first-order chi connectivity index (χ1) is 10.4. The molecule has 1 N–H and O–H groups in total. The quantitative estimate of drug-likeness (QED) is 0.235. The van der Waals surface area contributed by atoms with Crippen LogP contribution in [0.4, 0.5) is 0 Å². The number of phosphoric acid groups is 1. The van der Waals surface area contributed by atoms with Crippen LogP contribution in [0, 0.1) is 0 Å². The number of carbonyl (C=O) groups is 1. The van der Waals surface area contributed by atoms with E-state index in [2.05, 4.69) is 16.8 Å². The van der Waals surface area contributed by atoms with Gasteiger partial charge in [0.1, 0.15) is 0 Å². The Bertz CT molecular complexity index is 484. The number of hydrogen-bond acceptors (Lipinski definition) is 6. The Morgan fingerprint density at radius 1 is 1.29 bits per heavy atom. The van der Waals surface area contributed by atoms with Crippen molar-refractivity contribution < 1.29 is 82.8 Å². The van der Waals surface area contributed by atoms with Gasteiger partial charge in [-0.05, 0) is 17.9 Å². The summed E-state index contributed by atoms with van der Waals surface area (Å²) in [5.41, 5.74) is 0. The average molecular weight is 393 g/mol. The Kier molecular flexibility index (Phi) is 17.6. The second kappa shape index (κ2) is 15.3. The Morgan fingerprint density at radius 3 is 2.50 bits per heavy atom. The van der Waals surface area contributed by atoms with E-state index in [0.29, 0.717) is 6.42 Å². The zero-order valence-electron chi connectivity index (χ0n) is 14.7. The van der Waals surface area contributed by atoms with Crippen molar-refractivity contribution in [3.8, 4) is 0 Å². The molecule has 0 saturated carbocycles. The van der Waals surface area contributed by atoms with Gasteiger partial charge in [-0.15, -0.1) is 11.3 Å². The number of nitrogens with one attached hydrogen (secondary N) is 1. The first kappa shape index (κ1) is 27.5. The first-order valence-electron chi connectivity index (χ1n) is 7.41. The third-order valence-electron chi connectivity index (χ3n) is 3.13. The number of phosphoric ester groups is 1. The molecule has 1 atom stereocenters. The molecule has 10 heteroatoms. The van der Waals surface area contributed by atoms with E-state index in [1.165, 1.54) is 11.3 Å². The molecule has 0 saturated heterocycles. The van der Waals surface area contributed by atoms with Crippen LogP contribution < -0.4 is 74.2 Å². The summed E-state index contributed by atoms with van der Waals surface area (Å²) < 4.78 is 14.9. The minimum absolute atomic E-state index is 0. The fraction of sp³-hybridized carbons (Fsp3) is 0.643. The Balaban J connectivity index is 0. The Labute approximate surface area is 192 Å². The Morgan fingerprint density at radius 2 is 1.96 bits per heavy atom. The summed E-state index contributed by atoms with van der Waals surface area (Å²) in [5.74, 6) is -0.162. The van der Waals surface area contributed by atoms with E-state index in [1.54, 1.807) is 12.1 Å². The molecular formula is C14H22NNa2O5PS. The minimum atomic E-state index is -5.05. The van der Waals surface area contributed by atoms with Crippen LogP contribution in [0.25, 0.3) is 0 Å². The van der Waals surface area contributed by atoms with Crippen molar-refractivity contribution in [1.29, 1.82) is 0 Å². The molecule has 1 aromatic heterocycles. The molecule has 0 aliphatic heterocycles. The van der Waals surface area contributed by atoms with Crippen molar-refractivity contribution in [3.63, 3.8) is 0 Å². The molecule has 0 spiro atoms. The van der Waals surface area contributed by atoms with E-state index in [-0.39, 0.29) is 71.6 Å². The van der Waals surface area contributed by atoms with Gasteiger partial charge in [0.2, 0.25) is 5.91 Å². The van der Waals surface area contributed by atoms with Crippen LogP contribution in [-0.4, -0.2) is 12.5 Å². The van der Waals surface area contributed by atoms with Crippen molar-refractivity contribution in [3.05, 3.63) is 22.4 Å². The van der Waals surface area contributed by atoms with Crippen LogP contribution in [0.1, 0.15) is 56.4 Å². The minimum Gasteiger partial charge on any atom is -0.790 e. The number of hydrogen-bond donors (Lipinski definition) is 1. The van der Waals surface area contributed by atoms with Crippen LogP contribution in [0.5, 0.6) is 0 Å². The second-order valence-electron chi connectivity index (χ2n) is 5.04. The smallest absolute Gasteiger partial charge is 0.790 e. The zero-order valence-corrected chi connectivity index (χ0v) is 20.4. The summed E-state index contributed by atoms with van der Waals surface area (Å²) in [6.07, 6.45) is 5.60. The van der Waals surface area contributed by atoms with Crippen molar-refractivity contribution in [1.82, 2.24) is 5.32 Å². The van der Waals surface area contributed by atoms with Gasteiger partial charge in [0, 0.05) is 11.3 Å². The second-order valence-corrected chi connectivity index (χ2v) is 7.17. The van der Waals surface area contributed by atoms with Gasteiger partial charge in [-0.3, -0.25) is 4.79 Å². The van der Waals surface area contributed by atoms with Gasteiger partial charge in [-0.1, -0.05) is 38.7 Å². The van der Waals surface area contributed by atoms with Gasteiger partial charge in [0.15, 0.2) is 0 Å². The van der Waals surface area contributed by atoms with Crippen molar-refractivity contribution in [2.24, 2.45) is 0 Å². The molecule has 1 heterocycles. The Hall–Kier alpha value is 1.28. The van der Waals surface area contributed by atoms with Crippen LogP contribution in [-0.2, 0) is 13.9 Å². The summed E-state index contributed by atoms with van der Waals surface area (Å²) >= 11 is 1.37. The van der Waals surface area contributed by atoms with Gasteiger partial charge >= 0.3 is 59.1 Å². The molecule has 0 bridgehead atoms. The summed E-state index contributed by atoms with van der Waals surface area (Å²) in [6.45, 7) is 1.76. The maximum atomic E-state index is 11.9. The van der Waals surface area contributed by atoms with Gasteiger partial charge < -0.3 is 24.2 Å². The van der Waals surface area contributed by atoms with Gasteiger partial charge in [-0.25, -0.2) is 0 Å². The van der Waals surface area contributed by atoms with Crippen LogP contribution >= 0.6 is 19.2 Å². The normalized spacial score (nSPS) is 12.0. The standard InChI is InChI=1S/C14H24NO5PS.2Na/c1-2-3-4-5-6-9-14(16)15-12(11-20-21(17,18)19)13-8-7-10-22-13;;/h7-8,10,12H,2-6,9,11H2,1H3,(H,15,16)(H2,17,18,19);;/q;2*+1/p-2. The predicted octanol–water partition coefficient (Wildman–Crippen LogP) is -3.88. The number of rotatable bonds is 11. The number of amides is 1. The third kappa shape index (κ3) is 13.5. The molecule has 1 rings (SSSR count). The van der Waals surface area contributed by atoms with E-state index in [1.807, 2.05) is 5.38 Å². The largest absolute Gasteiger partial charge is 1.00 e. The predicted molar refractivity (Wildman–Crippen MR) is 82.1 cm³/mol. The van der Waals surface area contributed by atoms with Crippen molar-refractivity contribution in [2.75, 3.05) is 6.61 Å². The number of unbranched alkanes of at least 4 members (excludes halogenated alkanes) is 4. The summed E-state index contributed by atoms with van der Waals surface area (Å²) in [5, 5.41) is 4.54. The topological polar surface area (TPSA) is 102 Å². The van der Waals surface area contributed by atoms with E-state index in [9.17, 15) is 19.1 Å². The molecule has 126 valence electrons. The molecule has 0 aromatic carbocycles. The molecule has 1 unspecified atom stereocenters. The van der Waals surface area contributed by atoms with Gasteiger partial charge in [0.25, 0.3) is 0 Å². The average Bonchev–Trinajstić information content (AvgIpc) is 2.96. The molecule has 0 radical (unpaired) electrons. The molecule has 1 aromatic rings. The maximum Gasteiger partial charge on any atom is 1.00 e. The van der Waals surface area contributed by atoms with E-state index in [4.69, 9.17) is 0 Å². The molecule has 1 amide bonds. The third-order valence-corrected chi connectivity index (χ3v) is 4.58. The number of carbonyl (C=O) groups excluding carboxylic acids is 1. The van der Waals surface area contributed by atoms with Crippen LogP contribution in [0.15, 0.2) is 17.5 Å². The van der Waals surface area contributed by atoms with Gasteiger partial charge in [-0.2, -0.15) is 0 Å². The van der Waals surface area contributed by atoms with Crippen LogP contribution in [0.3, 0.4) is 0 Å². The molecule has 0 fully saturated rings. The fourth-order valence-electron chi connectivity index (χ4n) is 2.01. The van der Waals surface area contributed by atoms with E-state index >= 15 is 0 Å². The van der Waals surface area contributed by atoms with E-state index in [0.717, 1.165) is 37.0 Å². The summed E-state index contributed by atoms with van der Waals surface area (Å²) in [7, 11) is -5.05.